The molecule has 1 aromatic rings. The fraction of sp³-hybridized carbons (Fsp3) is 0.529. The maximum absolute atomic E-state index is 13.9. The second-order valence-corrected chi connectivity index (χ2v) is 7.09. The minimum absolute atomic E-state index is 0.0113. The minimum Gasteiger partial charge on any atom is -0.497 e. The van der Waals surface area contributed by atoms with Crippen molar-refractivity contribution in [2.45, 2.75) is 36.9 Å². The van der Waals surface area contributed by atoms with E-state index in [1.54, 1.807) is 12.1 Å². The van der Waals surface area contributed by atoms with Crippen LogP contribution in [0.3, 0.4) is 0 Å². The third-order valence-electron chi connectivity index (χ3n) is 4.26. The van der Waals surface area contributed by atoms with E-state index >= 15 is 0 Å². The van der Waals surface area contributed by atoms with Crippen molar-refractivity contribution in [3.63, 3.8) is 0 Å². The van der Waals surface area contributed by atoms with E-state index in [1.807, 2.05) is 24.3 Å². The van der Waals surface area contributed by atoms with Crippen molar-refractivity contribution < 1.29 is 23.0 Å². The summed E-state index contributed by atoms with van der Waals surface area (Å²) >= 11 is 2.42. The van der Waals surface area contributed by atoms with Crippen molar-refractivity contribution in [3.05, 3.63) is 41.2 Å². The Morgan fingerprint density at radius 2 is 2.08 bits per heavy atom. The van der Waals surface area contributed by atoms with Gasteiger partial charge in [0.05, 0.1) is 26.0 Å². The van der Waals surface area contributed by atoms with Crippen LogP contribution in [0, 0.1) is 0 Å². The zero-order valence-corrected chi connectivity index (χ0v) is 16.0. The van der Waals surface area contributed by atoms with Crippen molar-refractivity contribution in [2.75, 3.05) is 20.3 Å². The molecule has 1 aromatic carbocycles. The van der Waals surface area contributed by atoms with Crippen LogP contribution in [0.15, 0.2) is 35.7 Å². The van der Waals surface area contributed by atoms with Gasteiger partial charge in [-0.2, -0.15) is 8.78 Å². The van der Waals surface area contributed by atoms with Gasteiger partial charge in [-0.3, -0.25) is 10.4 Å². The second kappa shape index (κ2) is 8.51. The molecule has 1 unspecified atom stereocenters. The molecule has 1 atom stereocenters. The van der Waals surface area contributed by atoms with Crippen LogP contribution in [0.1, 0.15) is 24.8 Å². The molecule has 0 saturated carbocycles. The van der Waals surface area contributed by atoms with Gasteiger partial charge in [0.15, 0.2) is 6.29 Å². The van der Waals surface area contributed by atoms with Crippen molar-refractivity contribution >= 4 is 15.9 Å². The number of halogens is 3. The number of allylic oxidation sites excluding steroid dienone is 1. The first kappa shape index (κ1) is 19.3. The Morgan fingerprint density at radius 3 is 2.69 bits per heavy atom. The van der Waals surface area contributed by atoms with Crippen LogP contribution in [0.5, 0.6) is 5.75 Å². The average molecular weight is 434 g/mol. The highest BCUT2D eigenvalue weighted by Gasteiger charge is 2.39. The van der Waals surface area contributed by atoms with Gasteiger partial charge in [0.1, 0.15) is 11.4 Å². The van der Waals surface area contributed by atoms with Gasteiger partial charge in [-0.05, 0) is 52.9 Å². The third kappa shape index (κ3) is 4.85. The number of hydrazine groups is 2. The molecule has 0 radical (unpaired) electrons. The van der Waals surface area contributed by atoms with Crippen LogP contribution in [0.2, 0.25) is 0 Å². The maximum Gasteiger partial charge on any atom is 0.343 e. The van der Waals surface area contributed by atoms with Crippen LogP contribution >= 0.6 is 15.9 Å². The number of methoxy groups -OCH3 is 1. The van der Waals surface area contributed by atoms with E-state index in [0.29, 0.717) is 18.8 Å². The zero-order valence-electron chi connectivity index (χ0n) is 14.4. The lowest BCUT2D eigenvalue weighted by atomic mass is 10.2. The smallest absolute Gasteiger partial charge is 0.343 e. The molecule has 6 nitrogen and oxygen atoms in total. The standard InChI is InChI=1S/C17H22BrF2N3O3/c1-24-13-7-5-12(6-8-13)10-23-14(16(21-22-23)17(18,19)20)11-26-15-4-2-3-9-25-15/h5-8,15,21-22H,2-4,9-11H2,1H3. The lowest BCUT2D eigenvalue weighted by Crippen LogP contribution is -2.39. The molecular formula is C17H22BrF2N3O3. The van der Waals surface area contributed by atoms with Gasteiger partial charge in [0.25, 0.3) is 0 Å². The van der Waals surface area contributed by atoms with E-state index in [4.69, 9.17) is 14.2 Å². The maximum atomic E-state index is 13.9. The highest BCUT2D eigenvalue weighted by Crippen LogP contribution is 2.34. The molecule has 2 aliphatic heterocycles. The van der Waals surface area contributed by atoms with E-state index in [1.165, 1.54) is 0 Å². The first-order chi connectivity index (χ1) is 12.5. The lowest BCUT2D eigenvalue weighted by Gasteiger charge is -2.26. The van der Waals surface area contributed by atoms with Gasteiger partial charge < -0.3 is 14.2 Å². The van der Waals surface area contributed by atoms with E-state index in [-0.39, 0.29) is 18.6 Å². The number of rotatable bonds is 7. The Balaban J connectivity index is 1.71. The summed E-state index contributed by atoms with van der Waals surface area (Å²) in [5, 5.41) is 1.61. The summed E-state index contributed by atoms with van der Waals surface area (Å²) in [4.78, 5) is -3.19. The number of hydrogen-bond donors (Lipinski definition) is 2. The van der Waals surface area contributed by atoms with Gasteiger partial charge >= 0.3 is 4.83 Å². The highest BCUT2D eigenvalue weighted by molar-refractivity contribution is 9.10. The van der Waals surface area contributed by atoms with E-state index < -0.39 is 4.83 Å². The fourth-order valence-electron chi connectivity index (χ4n) is 2.85. The Morgan fingerprint density at radius 1 is 1.31 bits per heavy atom. The summed E-state index contributed by atoms with van der Waals surface area (Å²) < 4.78 is 44.1. The quantitative estimate of drug-likeness (QED) is 0.643. The summed E-state index contributed by atoms with van der Waals surface area (Å²) in [7, 11) is 1.59. The summed E-state index contributed by atoms with van der Waals surface area (Å²) in [5.41, 5.74) is 6.32. The number of hydrogen-bond acceptors (Lipinski definition) is 6. The van der Waals surface area contributed by atoms with Crippen molar-refractivity contribution in [2.24, 2.45) is 0 Å². The van der Waals surface area contributed by atoms with Crippen molar-refractivity contribution in [3.8, 4) is 5.75 Å². The summed E-state index contributed by atoms with van der Waals surface area (Å²) in [6.07, 6.45) is 2.43. The number of nitrogens with one attached hydrogen (secondary N) is 2. The van der Waals surface area contributed by atoms with Gasteiger partial charge in [0, 0.05) is 6.61 Å². The second-order valence-electron chi connectivity index (χ2n) is 6.10. The average Bonchev–Trinajstić information content (AvgIpc) is 3.04. The zero-order chi connectivity index (χ0) is 18.6. The minimum atomic E-state index is -3.19. The molecule has 144 valence electrons. The molecule has 1 fully saturated rings. The number of ether oxygens (including phenoxy) is 3. The highest BCUT2D eigenvalue weighted by atomic mass is 79.9. The van der Waals surface area contributed by atoms with Crippen LogP contribution in [0.4, 0.5) is 8.78 Å². The summed E-state index contributed by atoms with van der Waals surface area (Å²) in [6, 6.07) is 7.42. The first-order valence-corrected chi connectivity index (χ1v) is 9.22. The molecule has 1 saturated heterocycles. The van der Waals surface area contributed by atoms with Gasteiger partial charge in [0.2, 0.25) is 0 Å². The molecule has 0 bridgehead atoms. The monoisotopic (exact) mass is 433 g/mol. The largest absolute Gasteiger partial charge is 0.497 e. The number of alkyl halides is 3. The van der Waals surface area contributed by atoms with Crippen molar-refractivity contribution in [1.29, 1.82) is 0 Å². The summed E-state index contributed by atoms with van der Waals surface area (Å²) in [5.74, 6) is 0.738. The molecule has 2 N–H and O–H groups in total. The lowest BCUT2D eigenvalue weighted by molar-refractivity contribution is -0.159. The van der Waals surface area contributed by atoms with E-state index in [9.17, 15) is 8.78 Å². The van der Waals surface area contributed by atoms with Crippen molar-refractivity contribution in [1.82, 2.24) is 16.0 Å². The number of benzene rings is 1. The van der Waals surface area contributed by atoms with Crippen LogP contribution in [0.25, 0.3) is 0 Å². The van der Waals surface area contributed by atoms with Crippen LogP contribution in [-0.2, 0) is 16.0 Å². The molecule has 0 aliphatic carbocycles. The van der Waals surface area contributed by atoms with Gasteiger partial charge in [-0.15, -0.1) is 5.53 Å². The summed E-state index contributed by atoms with van der Waals surface area (Å²) in [6.45, 7) is 1.03. The molecule has 3 rings (SSSR count). The van der Waals surface area contributed by atoms with E-state index in [2.05, 4.69) is 26.9 Å². The van der Waals surface area contributed by atoms with Crippen LogP contribution < -0.4 is 15.7 Å². The SMILES string of the molecule is COc1ccc(CN2NNC(C(F)(F)Br)=C2COC2CCCCO2)cc1. The van der Waals surface area contributed by atoms with Gasteiger partial charge in [-0.25, -0.2) is 0 Å². The van der Waals surface area contributed by atoms with Gasteiger partial charge in [-0.1, -0.05) is 12.1 Å². The normalized spacial score (nSPS) is 21.1. The molecule has 0 amide bonds. The third-order valence-corrected chi connectivity index (χ3v) is 4.65. The Kier molecular flexibility index (Phi) is 6.33. The predicted molar refractivity (Wildman–Crippen MR) is 95.3 cm³/mol. The molecule has 26 heavy (non-hydrogen) atoms. The molecule has 2 aliphatic rings. The topological polar surface area (TPSA) is 55.0 Å². The van der Waals surface area contributed by atoms with Crippen LogP contribution in [-0.4, -0.2) is 36.5 Å². The fourth-order valence-corrected chi connectivity index (χ4v) is 3.17. The molecule has 2 heterocycles. The molecule has 0 spiro atoms. The predicted octanol–water partition coefficient (Wildman–Crippen LogP) is 3.26. The molecule has 0 aromatic heterocycles. The Labute approximate surface area is 159 Å². The Hall–Kier alpha value is -1.42. The van der Waals surface area contributed by atoms with E-state index in [0.717, 1.165) is 30.6 Å². The molecule has 9 heteroatoms. The number of nitrogens with zero attached hydrogens (tertiary/aromatic N) is 1. The molecular weight excluding hydrogens is 412 g/mol. The Bertz CT molecular complexity index is 631. The first-order valence-electron chi connectivity index (χ1n) is 8.43.